The summed E-state index contributed by atoms with van der Waals surface area (Å²) in [4.78, 5) is 0. The number of hydrogen-bond donors (Lipinski definition) is 1. The lowest BCUT2D eigenvalue weighted by Crippen LogP contribution is -2.56. The Kier molecular flexibility index (Phi) is 5.38. The topological polar surface area (TPSA) is 66.6 Å². The molecule has 0 radical (unpaired) electrons. The Labute approximate surface area is 99.8 Å². The Morgan fingerprint density at radius 2 is 1.75 bits per heavy atom. The average Bonchev–Trinajstić information content (AvgIpc) is 2.25. The summed E-state index contributed by atoms with van der Waals surface area (Å²) < 4.78 is 27.2. The third-order valence-corrected chi connectivity index (χ3v) is 5.68. The molecule has 0 bridgehead atoms. The number of rotatable bonds is 6. The summed E-state index contributed by atoms with van der Waals surface area (Å²) in [5.74, 6) is 0. The molecule has 1 atom stereocenters. The van der Waals surface area contributed by atoms with Crippen molar-refractivity contribution in [1.29, 1.82) is 0 Å². The van der Waals surface area contributed by atoms with E-state index < -0.39 is 15.7 Å². The van der Waals surface area contributed by atoms with Crippen molar-refractivity contribution in [3.8, 4) is 0 Å². The quantitative estimate of drug-likeness (QED) is 0.753. The summed E-state index contributed by atoms with van der Waals surface area (Å²) in [6.07, 6.45) is 0.686. The fourth-order valence-corrected chi connectivity index (χ4v) is 2.91. The molecule has 5 nitrogen and oxygen atoms in total. The van der Waals surface area contributed by atoms with Gasteiger partial charge in [-0.2, -0.15) is 17.0 Å². The van der Waals surface area contributed by atoms with Crippen molar-refractivity contribution >= 4 is 10.2 Å². The van der Waals surface area contributed by atoms with Crippen LogP contribution in [0.4, 0.5) is 0 Å². The molecular weight excluding hydrogens is 226 g/mol. The van der Waals surface area contributed by atoms with E-state index in [2.05, 4.69) is 0 Å². The van der Waals surface area contributed by atoms with Gasteiger partial charge in [-0.05, 0) is 27.2 Å². The Morgan fingerprint density at radius 3 is 2.00 bits per heavy atom. The van der Waals surface area contributed by atoms with Crippen molar-refractivity contribution in [3.63, 3.8) is 0 Å². The smallest absolute Gasteiger partial charge is 0.282 e. The summed E-state index contributed by atoms with van der Waals surface area (Å²) in [6, 6.07) is -0.0636. The summed E-state index contributed by atoms with van der Waals surface area (Å²) >= 11 is 0. The first kappa shape index (κ1) is 15.8. The molecule has 0 aromatic carbocycles. The molecule has 0 saturated heterocycles. The molecule has 0 saturated carbocycles. The molecular formula is C10H25N3O2S. The summed E-state index contributed by atoms with van der Waals surface area (Å²) in [5.41, 5.74) is 5.14. The highest BCUT2D eigenvalue weighted by molar-refractivity contribution is 7.86. The van der Waals surface area contributed by atoms with Gasteiger partial charge in [0.15, 0.2) is 0 Å². The van der Waals surface area contributed by atoms with Crippen LogP contribution >= 0.6 is 0 Å². The van der Waals surface area contributed by atoms with Gasteiger partial charge >= 0.3 is 0 Å². The zero-order chi connectivity index (χ0) is 13.1. The van der Waals surface area contributed by atoms with Crippen LogP contribution in [0, 0.1) is 0 Å². The lowest BCUT2D eigenvalue weighted by molar-refractivity contribution is 0.220. The molecule has 16 heavy (non-hydrogen) atoms. The normalized spacial score (nSPS) is 17.1. The van der Waals surface area contributed by atoms with Gasteiger partial charge in [-0.25, -0.2) is 0 Å². The Balaban J connectivity index is 5.18. The fraction of sp³-hybridized carbons (Fsp3) is 1.00. The van der Waals surface area contributed by atoms with E-state index in [0.717, 1.165) is 0 Å². The molecule has 0 amide bonds. The molecule has 0 rings (SSSR count). The highest BCUT2D eigenvalue weighted by Crippen LogP contribution is 2.22. The first-order valence-electron chi connectivity index (χ1n) is 5.55. The molecule has 0 aromatic heterocycles. The first-order chi connectivity index (χ1) is 7.13. The maximum atomic E-state index is 12.2. The van der Waals surface area contributed by atoms with Crippen LogP contribution in [0.15, 0.2) is 0 Å². The van der Waals surface area contributed by atoms with Crippen LogP contribution in [0.5, 0.6) is 0 Å². The SMILES string of the molecule is CCC(C)(CN)N(C)S(=O)(=O)N(C)C(C)C. The molecule has 0 aliphatic rings. The lowest BCUT2D eigenvalue weighted by atomic mass is 10.00. The van der Waals surface area contributed by atoms with E-state index in [-0.39, 0.29) is 6.04 Å². The third-order valence-electron chi connectivity index (χ3n) is 3.40. The van der Waals surface area contributed by atoms with Crippen LogP contribution in [0.2, 0.25) is 0 Å². The van der Waals surface area contributed by atoms with Gasteiger partial charge in [-0.15, -0.1) is 0 Å². The average molecular weight is 251 g/mol. The number of nitrogens with two attached hydrogens (primary N) is 1. The van der Waals surface area contributed by atoms with Gasteiger partial charge < -0.3 is 5.73 Å². The summed E-state index contributed by atoms with van der Waals surface area (Å²) in [5, 5.41) is 0. The van der Waals surface area contributed by atoms with Crippen LogP contribution in [-0.2, 0) is 10.2 Å². The van der Waals surface area contributed by atoms with Crippen LogP contribution in [-0.4, -0.2) is 49.2 Å². The van der Waals surface area contributed by atoms with Crippen LogP contribution in [0.3, 0.4) is 0 Å². The number of likely N-dealkylation sites (N-methyl/N-ethyl adjacent to an activating group) is 1. The van der Waals surface area contributed by atoms with Gasteiger partial charge in [-0.1, -0.05) is 6.92 Å². The maximum Gasteiger partial charge on any atom is 0.282 e. The zero-order valence-corrected chi connectivity index (χ0v) is 12.0. The molecule has 98 valence electrons. The van der Waals surface area contributed by atoms with Crippen molar-refractivity contribution in [2.24, 2.45) is 5.73 Å². The Hall–Kier alpha value is -0.170. The monoisotopic (exact) mass is 251 g/mol. The molecule has 0 aromatic rings. The second-order valence-electron chi connectivity index (χ2n) is 4.64. The van der Waals surface area contributed by atoms with Crippen LogP contribution in [0.25, 0.3) is 0 Å². The van der Waals surface area contributed by atoms with Crippen LogP contribution < -0.4 is 5.73 Å². The molecule has 2 N–H and O–H groups in total. The van der Waals surface area contributed by atoms with Gasteiger partial charge in [0.1, 0.15) is 0 Å². The van der Waals surface area contributed by atoms with Gasteiger partial charge in [0.05, 0.1) is 0 Å². The van der Waals surface area contributed by atoms with Crippen LogP contribution in [0.1, 0.15) is 34.1 Å². The van der Waals surface area contributed by atoms with E-state index in [4.69, 9.17) is 5.73 Å². The van der Waals surface area contributed by atoms with E-state index in [9.17, 15) is 8.42 Å². The fourth-order valence-electron chi connectivity index (χ4n) is 1.23. The highest BCUT2D eigenvalue weighted by atomic mass is 32.2. The molecule has 6 heteroatoms. The van der Waals surface area contributed by atoms with Crippen molar-refractivity contribution < 1.29 is 8.42 Å². The zero-order valence-electron chi connectivity index (χ0n) is 11.2. The second-order valence-corrected chi connectivity index (χ2v) is 6.66. The number of hydrogen-bond acceptors (Lipinski definition) is 3. The van der Waals surface area contributed by atoms with E-state index in [0.29, 0.717) is 13.0 Å². The molecule has 0 aliphatic carbocycles. The van der Waals surface area contributed by atoms with E-state index in [1.165, 1.54) is 8.61 Å². The maximum absolute atomic E-state index is 12.2. The van der Waals surface area contributed by atoms with Gasteiger partial charge in [0.25, 0.3) is 10.2 Å². The predicted octanol–water partition coefficient (Wildman–Crippen LogP) is 0.631. The van der Waals surface area contributed by atoms with E-state index in [1.54, 1.807) is 14.1 Å². The van der Waals surface area contributed by atoms with Gasteiger partial charge in [-0.3, -0.25) is 0 Å². The van der Waals surface area contributed by atoms with Crippen molar-refractivity contribution in [3.05, 3.63) is 0 Å². The summed E-state index contributed by atoms with van der Waals surface area (Å²) in [7, 11) is -0.259. The Morgan fingerprint density at radius 1 is 1.31 bits per heavy atom. The second kappa shape index (κ2) is 5.44. The highest BCUT2D eigenvalue weighted by Gasteiger charge is 2.37. The molecule has 0 aliphatic heterocycles. The molecule has 0 spiro atoms. The number of nitrogens with zero attached hydrogens (tertiary/aromatic N) is 2. The van der Waals surface area contributed by atoms with Crippen molar-refractivity contribution in [2.45, 2.75) is 45.7 Å². The predicted molar refractivity (Wildman–Crippen MR) is 67.3 cm³/mol. The van der Waals surface area contributed by atoms with Crippen molar-refractivity contribution in [1.82, 2.24) is 8.61 Å². The largest absolute Gasteiger partial charge is 0.329 e. The van der Waals surface area contributed by atoms with E-state index >= 15 is 0 Å². The molecule has 0 fully saturated rings. The third kappa shape index (κ3) is 2.94. The lowest BCUT2D eigenvalue weighted by Gasteiger charge is -2.39. The molecule has 1 unspecified atom stereocenters. The Bertz CT molecular complexity index is 310. The van der Waals surface area contributed by atoms with Gasteiger partial charge in [0.2, 0.25) is 0 Å². The first-order valence-corrected chi connectivity index (χ1v) is 6.95. The minimum absolute atomic E-state index is 0.0636. The van der Waals surface area contributed by atoms with E-state index in [1.807, 2.05) is 27.7 Å². The van der Waals surface area contributed by atoms with Gasteiger partial charge in [0, 0.05) is 32.2 Å². The minimum Gasteiger partial charge on any atom is -0.329 e. The minimum atomic E-state index is -3.43. The standard InChI is InChI=1S/C10H25N3O2S/c1-7-10(4,8-11)13(6)16(14,15)12(5)9(2)3/h9H,7-8,11H2,1-6H3. The summed E-state index contributed by atoms with van der Waals surface area (Å²) in [6.45, 7) is 7.80. The molecule has 0 heterocycles. The van der Waals surface area contributed by atoms with Crippen molar-refractivity contribution in [2.75, 3.05) is 20.6 Å².